The molecule has 0 saturated heterocycles. The molecule has 1 amide bonds. The molecule has 2 bridgehead atoms. The summed E-state index contributed by atoms with van der Waals surface area (Å²) < 4.78 is 0. The summed E-state index contributed by atoms with van der Waals surface area (Å²) in [4.78, 5) is 16.0. The first-order chi connectivity index (χ1) is 11.4. The summed E-state index contributed by atoms with van der Waals surface area (Å²) in [6, 6.07) is 0.364. The fourth-order valence-electron chi connectivity index (χ4n) is 3.48. The fourth-order valence-corrected chi connectivity index (χ4v) is 4.28. The number of carbonyl (C=O) groups is 1. The van der Waals surface area contributed by atoms with Gasteiger partial charge in [-0.15, -0.1) is 0 Å². The molecule has 1 heterocycles. The van der Waals surface area contributed by atoms with Gasteiger partial charge < -0.3 is 11.1 Å². The topological polar surface area (TPSA) is 92.1 Å². The molecule has 5 N–H and O–H groups in total. The molecule has 3 atom stereocenters. The average molecular weight is 409 g/mol. The van der Waals surface area contributed by atoms with Crippen LogP contribution in [0, 0.1) is 11.8 Å². The van der Waals surface area contributed by atoms with E-state index in [2.05, 4.69) is 21.2 Å². The highest BCUT2D eigenvalue weighted by Crippen LogP contribution is 2.44. The third-order valence-electron chi connectivity index (χ3n) is 4.63. The number of halogens is 3. The van der Waals surface area contributed by atoms with E-state index in [0.717, 1.165) is 12.3 Å². The van der Waals surface area contributed by atoms with E-state index in [1.165, 1.54) is 19.3 Å². The molecule has 1 aromatic heterocycles. The van der Waals surface area contributed by atoms with Crippen LogP contribution in [0.5, 0.6) is 0 Å². The summed E-state index contributed by atoms with van der Waals surface area (Å²) in [5.74, 6) is 0.853. The predicted molar refractivity (Wildman–Crippen MR) is 99.3 cm³/mol. The molecular weight excluding hydrogens is 393 g/mol. The number of nitrogens with one attached hydrogen (secondary N) is 3. The highest BCUT2D eigenvalue weighted by Gasteiger charge is 2.39. The Bertz CT molecular complexity index is 701. The third kappa shape index (κ3) is 3.49. The van der Waals surface area contributed by atoms with Crippen LogP contribution >= 0.6 is 47.0 Å². The lowest BCUT2D eigenvalue weighted by molar-refractivity contribution is 0.0938. The van der Waals surface area contributed by atoms with Crippen molar-refractivity contribution in [2.45, 2.75) is 31.7 Å². The van der Waals surface area contributed by atoms with Crippen LogP contribution in [0.15, 0.2) is 0 Å². The van der Waals surface area contributed by atoms with Crippen molar-refractivity contribution in [1.29, 1.82) is 0 Å². The Morgan fingerprint density at radius 2 is 1.92 bits per heavy atom. The molecule has 10 heteroatoms. The maximum absolute atomic E-state index is 12.2. The van der Waals surface area contributed by atoms with Crippen molar-refractivity contribution in [3.63, 3.8) is 0 Å². The van der Waals surface area contributed by atoms with E-state index in [-0.39, 0.29) is 26.6 Å². The predicted octanol–water partition coefficient (Wildman–Crippen LogP) is 2.92. The Kier molecular flexibility index (Phi) is 5.24. The second-order valence-corrected chi connectivity index (χ2v) is 7.65. The average Bonchev–Trinajstić information content (AvgIpc) is 3.16. The van der Waals surface area contributed by atoms with Crippen molar-refractivity contribution in [2.24, 2.45) is 11.8 Å². The lowest BCUT2D eigenvalue weighted by Gasteiger charge is -2.24. The molecule has 0 aromatic carbocycles. The summed E-state index contributed by atoms with van der Waals surface area (Å²) in [5.41, 5.74) is 10.7. The van der Waals surface area contributed by atoms with E-state index < -0.39 is 5.91 Å². The molecule has 0 spiro atoms. The zero-order chi connectivity index (χ0) is 17.4. The minimum absolute atomic E-state index is 0.00571. The van der Waals surface area contributed by atoms with Gasteiger partial charge in [0.15, 0.2) is 16.0 Å². The lowest BCUT2D eigenvalue weighted by atomic mass is 9.96. The maximum atomic E-state index is 12.2. The van der Waals surface area contributed by atoms with Crippen LogP contribution in [0.4, 0.5) is 5.69 Å². The molecule has 6 nitrogen and oxygen atoms in total. The molecule has 1 aromatic rings. The van der Waals surface area contributed by atoms with Crippen LogP contribution < -0.4 is 21.9 Å². The Morgan fingerprint density at radius 3 is 2.54 bits per heavy atom. The molecule has 2 aliphatic carbocycles. The number of nitrogens with zero attached hydrogens (tertiary/aromatic N) is 1. The molecule has 2 aliphatic rings. The van der Waals surface area contributed by atoms with Gasteiger partial charge in [-0.25, -0.2) is 4.98 Å². The second kappa shape index (κ2) is 7.07. The fraction of sp³-hybridized carbons (Fsp3) is 0.500. The van der Waals surface area contributed by atoms with Crippen LogP contribution in [-0.4, -0.2) is 22.0 Å². The van der Waals surface area contributed by atoms with Crippen molar-refractivity contribution < 1.29 is 4.79 Å². The molecule has 0 radical (unpaired) electrons. The van der Waals surface area contributed by atoms with E-state index >= 15 is 0 Å². The number of anilines is 1. The monoisotopic (exact) mass is 407 g/mol. The first kappa shape index (κ1) is 17.8. The molecule has 0 unspecified atom stereocenters. The Labute approximate surface area is 159 Å². The highest BCUT2D eigenvalue weighted by atomic mass is 35.5. The van der Waals surface area contributed by atoms with Crippen molar-refractivity contribution in [3.8, 4) is 0 Å². The number of aromatic nitrogens is 1. The first-order valence-corrected chi connectivity index (χ1v) is 9.07. The van der Waals surface area contributed by atoms with Crippen molar-refractivity contribution in [2.75, 3.05) is 5.73 Å². The maximum Gasteiger partial charge on any atom is 0.289 e. The van der Waals surface area contributed by atoms with E-state index in [1.807, 2.05) is 0 Å². The summed E-state index contributed by atoms with van der Waals surface area (Å²) in [7, 11) is 0. The van der Waals surface area contributed by atoms with Crippen LogP contribution in [0.1, 0.15) is 36.2 Å². The van der Waals surface area contributed by atoms with Gasteiger partial charge in [0.2, 0.25) is 0 Å². The van der Waals surface area contributed by atoms with Gasteiger partial charge in [0.1, 0.15) is 5.02 Å². The van der Waals surface area contributed by atoms with Crippen LogP contribution in [-0.2, 0) is 0 Å². The molecule has 2 saturated carbocycles. The molecule has 130 valence electrons. The summed E-state index contributed by atoms with van der Waals surface area (Å²) >= 11 is 22.9. The van der Waals surface area contributed by atoms with Gasteiger partial charge in [0.05, 0.1) is 10.7 Å². The van der Waals surface area contributed by atoms with Gasteiger partial charge in [0, 0.05) is 6.04 Å². The van der Waals surface area contributed by atoms with Crippen molar-refractivity contribution >= 4 is 63.7 Å². The number of rotatable bonds is 2. The van der Waals surface area contributed by atoms with E-state index in [0.29, 0.717) is 17.1 Å². The van der Waals surface area contributed by atoms with E-state index in [4.69, 9.17) is 52.8 Å². The van der Waals surface area contributed by atoms with Gasteiger partial charge in [-0.2, -0.15) is 0 Å². The number of pyridine rings is 1. The van der Waals surface area contributed by atoms with Gasteiger partial charge >= 0.3 is 0 Å². The number of hydrogen-bond acceptors (Lipinski definition) is 4. The quantitative estimate of drug-likeness (QED) is 0.342. The van der Waals surface area contributed by atoms with Crippen LogP contribution in [0.2, 0.25) is 15.2 Å². The lowest BCUT2D eigenvalue weighted by Crippen LogP contribution is -2.51. The van der Waals surface area contributed by atoms with Gasteiger partial charge in [-0.3, -0.25) is 15.6 Å². The summed E-state index contributed by atoms with van der Waals surface area (Å²) in [6.45, 7) is 0. The smallest absolute Gasteiger partial charge is 0.289 e. The van der Waals surface area contributed by atoms with Crippen LogP contribution in [0.3, 0.4) is 0 Å². The Hall–Kier alpha value is -1.02. The molecule has 3 rings (SSSR count). The third-order valence-corrected chi connectivity index (χ3v) is 5.99. The van der Waals surface area contributed by atoms with Gasteiger partial charge in [0.25, 0.3) is 5.91 Å². The number of hydrazine groups is 1. The Morgan fingerprint density at radius 1 is 1.17 bits per heavy atom. The number of nitrogen functional groups attached to an aromatic ring is 1. The summed E-state index contributed by atoms with van der Waals surface area (Å²) in [5, 5.41) is 3.46. The first-order valence-electron chi connectivity index (χ1n) is 7.53. The standard InChI is InChI=1S/C14H16Cl3N5OS/c15-8-10(18)9(16)12(17)20-11(8)13(23)21-22-14(24)19-7-4-5-1-2-6(7)3-5/h5-7H,1-4H2,(H2,18,20)(H,21,23)(H2,19,22,24)/t5-,6+,7-/m0/s1. The SMILES string of the molecule is Nc1c(Cl)c(Cl)nc(C(=O)NNC(=S)N[C@H]2C[C@H]3CC[C@@H]2C3)c1Cl. The molecule has 2 fully saturated rings. The summed E-state index contributed by atoms with van der Waals surface area (Å²) in [6.07, 6.45) is 4.92. The minimum Gasteiger partial charge on any atom is -0.396 e. The Balaban J connectivity index is 1.57. The van der Waals surface area contributed by atoms with E-state index in [1.54, 1.807) is 0 Å². The number of carbonyl (C=O) groups excluding carboxylic acids is 1. The minimum atomic E-state index is -0.609. The molecular formula is C14H16Cl3N5OS. The number of amides is 1. The zero-order valence-electron chi connectivity index (χ0n) is 12.5. The largest absolute Gasteiger partial charge is 0.396 e. The van der Waals surface area contributed by atoms with Crippen molar-refractivity contribution in [1.82, 2.24) is 21.2 Å². The van der Waals surface area contributed by atoms with Crippen molar-refractivity contribution in [3.05, 3.63) is 20.9 Å². The number of nitrogens with two attached hydrogens (primary N) is 1. The van der Waals surface area contributed by atoms with E-state index in [9.17, 15) is 4.79 Å². The number of fused-ring (bicyclic) bond motifs is 2. The molecule has 24 heavy (non-hydrogen) atoms. The number of hydrogen-bond donors (Lipinski definition) is 4. The second-order valence-electron chi connectivity index (χ2n) is 6.13. The van der Waals surface area contributed by atoms with Crippen LogP contribution in [0.25, 0.3) is 0 Å². The molecule has 0 aliphatic heterocycles. The van der Waals surface area contributed by atoms with Gasteiger partial charge in [-0.1, -0.05) is 41.2 Å². The van der Waals surface area contributed by atoms with Gasteiger partial charge in [-0.05, 0) is 43.3 Å². The highest BCUT2D eigenvalue weighted by molar-refractivity contribution is 7.80. The zero-order valence-corrected chi connectivity index (χ0v) is 15.6. The normalized spacial score (nSPS) is 24.7. The number of thiocarbonyl (C=S) groups is 1.